The van der Waals surface area contributed by atoms with E-state index < -0.39 is 17.7 Å². The van der Waals surface area contributed by atoms with Crippen molar-refractivity contribution in [3.63, 3.8) is 0 Å². The first-order chi connectivity index (χ1) is 12.8. The average Bonchev–Trinajstić information content (AvgIpc) is 2.61. The summed E-state index contributed by atoms with van der Waals surface area (Å²) in [5.41, 5.74) is -0.701. The van der Waals surface area contributed by atoms with Crippen molar-refractivity contribution in [3.8, 4) is 0 Å². The van der Waals surface area contributed by atoms with Crippen molar-refractivity contribution in [1.29, 1.82) is 0 Å². The average molecular weight is 377 g/mol. The van der Waals surface area contributed by atoms with Crippen molar-refractivity contribution in [2.24, 2.45) is 5.92 Å². The molecule has 0 aliphatic heterocycles. The maximum Gasteiger partial charge on any atom is 0.412 e. The van der Waals surface area contributed by atoms with Gasteiger partial charge >= 0.3 is 12.1 Å². The zero-order valence-electron chi connectivity index (χ0n) is 16.5. The van der Waals surface area contributed by atoms with Crippen molar-refractivity contribution >= 4 is 12.1 Å². The zero-order chi connectivity index (χ0) is 19.7. The van der Waals surface area contributed by atoms with Crippen molar-refractivity contribution in [2.45, 2.75) is 71.0 Å². The number of allylic oxidation sites excluding steroid dienone is 3. The minimum absolute atomic E-state index is 0.0369. The highest BCUT2D eigenvalue weighted by Gasteiger charge is 2.24. The van der Waals surface area contributed by atoms with E-state index in [2.05, 4.69) is 17.5 Å². The highest BCUT2D eigenvalue weighted by atomic mass is 16.6. The predicted octanol–water partition coefficient (Wildman–Crippen LogP) is 4.38. The summed E-state index contributed by atoms with van der Waals surface area (Å²) in [4.78, 5) is 24.6. The fraction of sp³-hybridized carbons (Fsp3) is 0.619. The molecule has 2 aliphatic rings. The SMILES string of the molecule is CC(C)(C)OC(=O)N/C(=C/OCC1C=CC=CC1)C(=O)OC1CCCCC1. The molecule has 1 atom stereocenters. The number of hydrogen-bond acceptors (Lipinski definition) is 5. The molecule has 0 saturated heterocycles. The third-order valence-corrected chi connectivity index (χ3v) is 4.26. The molecule has 0 spiro atoms. The predicted molar refractivity (Wildman–Crippen MR) is 103 cm³/mol. The fourth-order valence-corrected chi connectivity index (χ4v) is 2.95. The Labute approximate surface area is 161 Å². The van der Waals surface area contributed by atoms with Gasteiger partial charge < -0.3 is 14.2 Å². The lowest BCUT2D eigenvalue weighted by molar-refractivity contribution is -0.146. The van der Waals surface area contributed by atoms with Gasteiger partial charge in [-0.05, 0) is 52.9 Å². The number of nitrogens with one attached hydrogen (secondary N) is 1. The van der Waals surface area contributed by atoms with E-state index in [1.54, 1.807) is 20.8 Å². The molecule has 1 fully saturated rings. The Bertz CT molecular complexity index is 594. The van der Waals surface area contributed by atoms with Crippen LogP contribution in [0.2, 0.25) is 0 Å². The molecular formula is C21H31NO5. The standard InChI is InChI=1S/C21H31NO5/c1-21(2,3)27-20(24)22-18(15-25-14-16-10-6-4-7-11-16)19(23)26-17-12-8-5-9-13-17/h4,6-7,10,15-17H,5,8-9,11-14H2,1-3H3,(H,22,24)/b18-15+. The highest BCUT2D eigenvalue weighted by molar-refractivity contribution is 5.92. The Morgan fingerprint density at radius 1 is 1.15 bits per heavy atom. The van der Waals surface area contributed by atoms with Crippen LogP contribution in [0.25, 0.3) is 0 Å². The number of carbonyl (C=O) groups excluding carboxylic acids is 2. The Balaban J connectivity index is 1.96. The number of esters is 1. The van der Waals surface area contributed by atoms with Crippen LogP contribution in [0, 0.1) is 5.92 Å². The van der Waals surface area contributed by atoms with Gasteiger partial charge in [-0.15, -0.1) is 0 Å². The zero-order valence-corrected chi connectivity index (χ0v) is 16.5. The summed E-state index contributed by atoms with van der Waals surface area (Å²) in [5, 5.41) is 2.47. The molecule has 0 aromatic carbocycles. The van der Waals surface area contributed by atoms with Crippen LogP contribution in [-0.2, 0) is 19.0 Å². The highest BCUT2D eigenvalue weighted by Crippen LogP contribution is 2.21. The summed E-state index contributed by atoms with van der Waals surface area (Å²) < 4.78 is 16.3. The number of alkyl carbamates (subject to hydrolysis) is 1. The Morgan fingerprint density at radius 3 is 2.52 bits per heavy atom. The molecule has 1 saturated carbocycles. The molecular weight excluding hydrogens is 346 g/mol. The van der Waals surface area contributed by atoms with Crippen LogP contribution in [0.15, 0.2) is 36.3 Å². The lowest BCUT2D eigenvalue weighted by Gasteiger charge is -2.23. The molecule has 0 radical (unpaired) electrons. The third kappa shape index (κ3) is 8.33. The molecule has 6 nitrogen and oxygen atoms in total. The van der Waals surface area contributed by atoms with Crippen LogP contribution in [0.5, 0.6) is 0 Å². The third-order valence-electron chi connectivity index (χ3n) is 4.26. The second-order valence-electron chi connectivity index (χ2n) is 7.97. The van der Waals surface area contributed by atoms with Gasteiger partial charge in [0.1, 0.15) is 18.0 Å². The van der Waals surface area contributed by atoms with E-state index in [1.807, 2.05) is 12.2 Å². The van der Waals surface area contributed by atoms with Gasteiger partial charge in [0.25, 0.3) is 0 Å². The van der Waals surface area contributed by atoms with E-state index in [4.69, 9.17) is 14.2 Å². The summed E-state index contributed by atoms with van der Waals surface area (Å²) >= 11 is 0. The Morgan fingerprint density at radius 2 is 1.89 bits per heavy atom. The first-order valence-corrected chi connectivity index (χ1v) is 9.69. The normalized spacial score (nSPS) is 20.9. The number of hydrogen-bond donors (Lipinski definition) is 1. The minimum atomic E-state index is -0.710. The topological polar surface area (TPSA) is 73.9 Å². The van der Waals surface area contributed by atoms with Crippen LogP contribution < -0.4 is 5.32 Å². The van der Waals surface area contributed by atoms with Crippen LogP contribution in [0.4, 0.5) is 4.79 Å². The second-order valence-corrected chi connectivity index (χ2v) is 7.97. The molecule has 0 heterocycles. The summed E-state index contributed by atoms with van der Waals surface area (Å²) in [7, 11) is 0. The first kappa shape index (κ1) is 21.1. The first-order valence-electron chi connectivity index (χ1n) is 9.69. The van der Waals surface area contributed by atoms with E-state index in [0.29, 0.717) is 6.61 Å². The van der Waals surface area contributed by atoms with Crippen molar-refractivity contribution in [3.05, 3.63) is 36.3 Å². The summed E-state index contributed by atoms with van der Waals surface area (Å²) in [6.07, 6.45) is 14.4. The molecule has 1 N–H and O–H groups in total. The molecule has 6 heteroatoms. The number of carbonyl (C=O) groups is 2. The Kier molecular flexibility index (Phi) is 7.95. The second kappa shape index (κ2) is 10.2. The maximum absolute atomic E-state index is 12.5. The maximum atomic E-state index is 12.5. The van der Waals surface area contributed by atoms with Crippen molar-refractivity contribution < 1.29 is 23.8 Å². The fourth-order valence-electron chi connectivity index (χ4n) is 2.95. The van der Waals surface area contributed by atoms with Gasteiger partial charge in [-0.1, -0.05) is 30.7 Å². The van der Waals surface area contributed by atoms with E-state index in [-0.39, 0.29) is 17.7 Å². The van der Waals surface area contributed by atoms with Gasteiger partial charge in [0.2, 0.25) is 0 Å². The molecule has 1 amide bonds. The molecule has 0 aromatic heterocycles. The molecule has 1 unspecified atom stereocenters. The van der Waals surface area contributed by atoms with E-state index in [1.165, 1.54) is 12.7 Å². The van der Waals surface area contributed by atoms with E-state index in [0.717, 1.165) is 32.1 Å². The lowest BCUT2D eigenvalue weighted by Crippen LogP contribution is -2.36. The van der Waals surface area contributed by atoms with Gasteiger partial charge in [-0.3, -0.25) is 5.32 Å². The van der Waals surface area contributed by atoms with E-state index in [9.17, 15) is 9.59 Å². The summed E-state index contributed by atoms with van der Waals surface area (Å²) in [5.74, 6) is -0.352. The van der Waals surface area contributed by atoms with Gasteiger partial charge in [-0.2, -0.15) is 0 Å². The minimum Gasteiger partial charge on any atom is -0.498 e. The molecule has 0 bridgehead atoms. The van der Waals surface area contributed by atoms with Gasteiger partial charge in [0, 0.05) is 5.92 Å². The largest absolute Gasteiger partial charge is 0.498 e. The number of ether oxygens (including phenoxy) is 3. The quantitative estimate of drug-likeness (QED) is 0.422. The number of rotatable bonds is 6. The van der Waals surface area contributed by atoms with Gasteiger partial charge in [0.05, 0.1) is 6.61 Å². The molecule has 27 heavy (non-hydrogen) atoms. The smallest absolute Gasteiger partial charge is 0.412 e. The van der Waals surface area contributed by atoms with Crippen LogP contribution >= 0.6 is 0 Å². The van der Waals surface area contributed by atoms with Gasteiger partial charge in [-0.25, -0.2) is 9.59 Å². The van der Waals surface area contributed by atoms with Crippen molar-refractivity contribution in [1.82, 2.24) is 5.32 Å². The Hall–Kier alpha value is -2.24. The molecule has 150 valence electrons. The van der Waals surface area contributed by atoms with Crippen LogP contribution in [-0.4, -0.2) is 30.4 Å². The lowest BCUT2D eigenvalue weighted by atomic mass is 9.98. The number of amides is 1. The molecule has 2 aliphatic carbocycles. The summed E-state index contributed by atoms with van der Waals surface area (Å²) in [6, 6.07) is 0. The van der Waals surface area contributed by atoms with Crippen molar-refractivity contribution in [2.75, 3.05) is 6.61 Å². The van der Waals surface area contributed by atoms with Gasteiger partial charge in [0.15, 0.2) is 5.70 Å². The monoisotopic (exact) mass is 377 g/mol. The molecule has 2 rings (SSSR count). The van der Waals surface area contributed by atoms with Crippen LogP contribution in [0.1, 0.15) is 59.3 Å². The summed E-state index contributed by atoms with van der Waals surface area (Å²) in [6.45, 7) is 5.69. The van der Waals surface area contributed by atoms with E-state index >= 15 is 0 Å². The van der Waals surface area contributed by atoms with Crippen LogP contribution in [0.3, 0.4) is 0 Å². The molecule has 0 aromatic rings.